The average molecular weight is 268 g/mol. The zero-order valence-corrected chi connectivity index (χ0v) is 10.6. The molecule has 1 N–H and O–H groups in total. The van der Waals surface area contributed by atoms with Crippen LogP contribution in [0, 0.1) is 0 Å². The maximum Gasteiger partial charge on any atom is 0.198 e. The molecule has 0 saturated heterocycles. The van der Waals surface area contributed by atoms with Gasteiger partial charge in [-0.2, -0.15) is 0 Å². The first-order valence-electron chi connectivity index (χ1n) is 6.17. The highest BCUT2D eigenvalue weighted by atomic mass is 16.5. The molecule has 0 atom stereocenters. The van der Waals surface area contributed by atoms with Crippen LogP contribution >= 0.6 is 0 Å². The smallest absolute Gasteiger partial charge is 0.198 e. The van der Waals surface area contributed by atoms with E-state index in [1.807, 2.05) is 30.3 Å². The van der Waals surface area contributed by atoms with E-state index < -0.39 is 0 Å². The van der Waals surface area contributed by atoms with Crippen LogP contribution in [0.5, 0.6) is 11.5 Å². The van der Waals surface area contributed by atoms with E-state index in [0.717, 1.165) is 0 Å². The molecule has 0 aliphatic heterocycles. The molecule has 0 aliphatic rings. The molecule has 1 heterocycles. The van der Waals surface area contributed by atoms with Gasteiger partial charge in [0.2, 0.25) is 0 Å². The lowest BCUT2D eigenvalue weighted by molar-refractivity contribution is 0.277. The van der Waals surface area contributed by atoms with Gasteiger partial charge in [-0.3, -0.25) is 4.79 Å². The highest BCUT2D eigenvalue weighted by Crippen LogP contribution is 2.28. The molecule has 0 aliphatic carbocycles. The molecule has 3 aromatic rings. The van der Waals surface area contributed by atoms with Crippen molar-refractivity contribution in [3.8, 4) is 11.5 Å². The standard InChI is InChI=1S/C16H12O4/c17-9-11-10-19-16-13(15(11)18)7-4-8-14(16)20-12-5-2-1-3-6-12/h1-8,10,17H,9H2. The van der Waals surface area contributed by atoms with E-state index in [4.69, 9.17) is 14.3 Å². The third-order valence-electron chi connectivity index (χ3n) is 2.98. The third-order valence-corrected chi connectivity index (χ3v) is 2.98. The summed E-state index contributed by atoms with van der Waals surface area (Å²) in [4.78, 5) is 12.1. The summed E-state index contributed by atoms with van der Waals surface area (Å²) in [6.45, 7) is -0.345. The molecular weight excluding hydrogens is 256 g/mol. The molecule has 0 unspecified atom stereocenters. The minimum absolute atomic E-state index is 0.231. The highest BCUT2D eigenvalue weighted by molar-refractivity contribution is 5.82. The number of aliphatic hydroxyl groups is 1. The van der Waals surface area contributed by atoms with Gasteiger partial charge in [0.1, 0.15) is 12.0 Å². The number of ether oxygens (including phenoxy) is 1. The molecule has 0 radical (unpaired) electrons. The molecule has 4 heteroatoms. The monoisotopic (exact) mass is 268 g/mol. The Morgan fingerprint density at radius 1 is 1.05 bits per heavy atom. The summed E-state index contributed by atoms with van der Waals surface area (Å²) in [7, 11) is 0. The summed E-state index contributed by atoms with van der Waals surface area (Å²) < 4.78 is 11.2. The van der Waals surface area contributed by atoms with Crippen molar-refractivity contribution >= 4 is 11.0 Å². The quantitative estimate of drug-likeness (QED) is 0.793. The average Bonchev–Trinajstić information content (AvgIpc) is 2.49. The van der Waals surface area contributed by atoms with Crippen LogP contribution < -0.4 is 10.2 Å². The summed E-state index contributed by atoms with van der Waals surface area (Å²) in [6, 6.07) is 14.4. The van der Waals surface area contributed by atoms with E-state index in [1.54, 1.807) is 18.2 Å². The van der Waals surface area contributed by atoms with Gasteiger partial charge in [-0.25, -0.2) is 0 Å². The van der Waals surface area contributed by atoms with Crippen molar-refractivity contribution in [1.29, 1.82) is 0 Å². The number of hydrogen-bond acceptors (Lipinski definition) is 4. The van der Waals surface area contributed by atoms with Crippen molar-refractivity contribution < 1.29 is 14.3 Å². The second-order valence-corrected chi connectivity index (χ2v) is 4.30. The van der Waals surface area contributed by atoms with E-state index in [9.17, 15) is 4.79 Å². The van der Waals surface area contributed by atoms with Crippen molar-refractivity contribution in [2.45, 2.75) is 6.61 Å². The van der Waals surface area contributed by atoms with Crippen molar-refractivity contribution in [2.75, 3.05) is 0 Å². The molecule has 100 valence electrons. The van der Waals surface area contributed by atoms with Gasteiger partial charge in [-0.1, -0.05) is 24.3 Å². The van der Waals surface area contributed by atoms with Crippen molar-refractivity contribution in [1.82, 2.24) is 0 Å². The van der Waals surface area contributed by atoms with Crippen LogP contribution in [-0.4, -0.2) is 5.11 Å². The zero-order valence-electron chi connectivity index (χ0n) is 10.6. The second-order valence-electron chi connectivity index (χ2n) is 4.30. The van der Waals surface area contributed by atoms with Crippen LogP contribution in [0.25, 0.3) is 11.0 Å². The Morgan fingerprint density at radius 3 is 2.60 bits per heavy atom. The lowest BCUT2D eigenvalue weighted by Crippen LogP contribution is -2.08. The molecular formula is C16H12O4. The molecule has 1 aromatic heterocycles. The van der Waals surface area contributed by atoms with Crippen LogP contribution in [0.1, 0.15) is 5.56 Å². The van der Waals surface area contributed by atoms with Crippen LogP contribution in [0.3, 0.4) is 0 Å². The van der Waals surface area contributed by atoms with Crippen LogP contribution in [0.2, 0.25) is 0 Å². The Kier molecular flexibility index (Phi) is 3.23. The second kappa shape index (κ2) is 5.19. The van der Waals surface area contributed by atoms with E-state index >= 15 is 0 Å². The lowest BCUT2D eigenvalue weighted by atomic mass is 10.1. The van der Waals surface area contributed by atoms with Gasteiger partial charge in [0, 0.05) is 0 Å². The first-order chi connectivity index (χ1) is 9.79. The van der Waals surface area contributed by atoms with E-state index in [2.05, 4.69) is 0 Å². The molecule has 0 fully saturated rings. The molecule has 0 spiro atoms. The molecule has 0 saturated carbocycles. The third kappa shape index (κ3) is 2.17. The summed E-state index contributed by atoms with van der Waals surface area (Å²) in [6.07, 6.45) is 1.27. The van der Waals surface area contributed by atoms with Gasteiger partial charge in [-0.05, 0) is 24.3 Å². The topological polar surface area (TPSA) is 59.7 Å². The number of hydrogen-bond donors (Lipinski definition) is 1. The molecule has 0 bridgehead atoms. The van der Waals surface area contributed by atoms with Crippen molar-refractivity contribution in [3.05, 3.63) is 70.6 Å². The maximum atomic E-state index is 12.1. The van der Waals surface area contributed by atoms with Gasteiger partial charge in [0.25, 0.3) is 0 Å². The fourth-order valence-electron chi connectivity index (χ4n) is 1.98. The number of para-hydroxylation sites is 2. The summed E-state index contributed by atoms with van der Waals surface area (Å²) in [5, 5.41) is 9.48. The Morgan fingerprint density at radius 2 is 1.85 bits per heavy atom. The van der Waals surface area contributed by atoms with Gasteiger partial charge in [0.05, 0.1) is 17.6 Å². The Balaban J connectivity index is 2.13. The molecule has 4 nitrogen and oxygen atoms in total. The highest BCUT2D eigenvalue weighted by Gasteiger charge is 2.11. The minimum atomic E-state index is -0.345. The minimum Gasteiger partial charge on any atom is -0.460 e. The van der Waals surface area contributed by atoms with Gasteiger partial charge >= 0.3 is 0 Å². The number of fused-ring (bicyclic) bond motifs is 1. The molecule has 0 amide bonds. The largest absolute Gasteiger partial charge is 0.460 e. The summed E-state index contributed by atoms with van der Waals surface area (Å²) in [5.74, 6) is 1.13. The Bertz CT molecular complexity index is 790. The van der Waals surface area contributed by atoms with Gasteiger partial charge in [-0.15, -0.1) is 0 Å². The Labute approximate surface area is 114 Å². The number of rotatable bonds is 3. The molecule has 20 heavy (non-hydrogen) atoms. The lowest BCUT2D eigenvalue weighted by Gasteiger charge is -2.08. The maximum absolute atomic E-state index is 12.1. The van der Waals surface area contributed by atoms with E-state index in [-0.39, 0.29) is 17.6 Å². The zero-order chi connectivity index (χ0) is 13.9. The van der Waals surface area contributed by atoms with Crippen LogP contribution in [0.15, 0.2) is 64.0 Å². The first kappa shape index (κ1) is 12.4. The SMILES string of the molecule is O=c1c(CO)coc2c(Oc3ccccc3)cccc12. The van der Waals surface area contributed by atoms with Gasteiger partial charge in [0.15, 0.2) is 16.8 Å². The number of aliphatic hydroxyl groups excluding tert-OH is 1. The van der Waals surface area contributed by atoms with Crippen LogP contribution in [-0.2, 0) is 6.61 Å². The normalized spacial score (nSPS) is 10.7. The van der Waals surface area contributed by atoms with E-state index in [0.29, 0.717) is 22.5 Å². The van der Waals surface area contributed by atoms with E-state index in [1.165, 1.54) is 6.26 Å². The predicted octanol–water partition coefficient (Wildman–Crippen LogP) is 3.08. The van der Waals surface area contributed by atoms with Gasteiger partial charge < -0.3 is 14.3 Å². The fraction of sp³-hybridized carbons (Fsp3) is 0.0625. The molecule has 3 rings (SSSR count). The Hall–Kier alpha value is -2.59. The summed E-state index contributed by atoms with van der Waals surface area (Å²) >= 11 is 0. The predicted molar refractivity (Wildman–Crippen MR) is 74.9 cm³/mol. The summed E-state index contributed by atoms with van der Waals surface area (Å²) in [5.41, 5.74) is 0.361. The van der Waals surface area contributed by atoms with Crippen molar-refractivity contribution in [3.63, 3.8) is 0 Å². The number of benzene rings is 2. The first-order valence-corrected chi connectivity index (χ1v) is 6.17. The molecule has 2 aromatic carbocycles. The van der Waals surface area contributed by atoms with Crippen LogP contribution in [0.4, 0.5) is 0 Å². The van der Waals surface area contributed by atoms with Crippen molar-refractivity contribution in [2.24, 2.45) is 0 Å². The fourth-order valence-corrected chi connectivity index (χ4v) is 1.98.